The van der Waals surface area contributed by atoms with Gasteiger partial charge in [0.2, 0.25) is 6.79 Å². The smallest absolute Gasteiger partial charge is 0.251 e. The monoisotopic (exact) mass is 329 g/mol. The number of nitrogens with one attached hydrogen (secondary N) is 1. The average Bonchev–Trinajstić information content (AvgIpc) is 3.22. The molecule has 0 aromatic heterocycles. The summed E-state index contributed by atoms with van der Waals surface area (Å²) in [5.41, 5.74) is 1.85. The predicted octanol–water partition coefficient (Wildman–Crippen LogP) is 3.53. The van der Waals surface area contributed by atoms with Crippen molar-refractivity contribution < 1.29 is 14.3 Å². The van der Waals surface area contributed by atoms with Crippen LogP contribution in [0, 0.1) is 0 Å². The highest BCUT2D eigenvalue weighted by atomic mass is 35.5. The summed E-state index contributed by atoms with van der Waals surface area (Å²) in [6, 6.07) is 13.6. The summed E-state index contributed by atoms with van der Waals surface area (Å²) in [4.78, 5) is 12.4. The highest BCUT2D eigenvalue weighted by Crippen LogP contribution is 2.47. The van der Waals surface area contributed by atoms with E-state index in [4.69, 9.17) is 21.1 Å². The van der Waals surface area contributed by atoms with Gasteiger partial charge in [0.1, 0.15) is 0 Å². The molecule has 4 nitrogen and oxygen atoms in total. The number of hydrogen-bond acceptors (Lipinski definition) is 3. The SMILES string of the molecule is O=C(NCC1(c2ccccc2)CC1)c1cc(Cl)c2c(c1)OCO2. The average molecular weight is 330 g/mol. The van der Waals surface area contributed by atoms with Gasteiger partial charge in [-0.15, -0.1) is 0 Å². The molecule has 0 unspecified atom stereocenters. The van der Waals surface area contributed by atoms with Crippen LogP contribution in [-0.2, 0) is 5.41 Å². The number of amides is 1. The van der Waals surface area contributed by atoms with Crippen molar-refractivity contribution in [3.63, 3.8) is 0 Å². The Morgan fingerprint density at radius 2 is 1.96 bits per heavy atom. The van der Waals surface area contributed by atoms with Crippen LogP contribution in [0.25, 0.3) is 0 Å². The van der Waals surface area contributed by atoms with Crippen LogP contribution in [0.1, 0.15) is 28.8 Å². The molecule has 0 saturated heterocycles. The first-order chi connectivity index (χ1) is 11.2. The molecule has 118 valence electrons. The van der Waals surface area contributed by atoms with Crippen LogP contribution in [0.2, 0.25) is 5.02 Å². The number of carbonyl (C=O) groups is 1. The minimum absolute atomic E-state index is 0.0804. The third-order valence-corrected chi connectivity index (χ3v) is 4.80. The summed E-state index contributed by atoms with van der Waals surface area (Å²) >= 11 is 6.13. The first-order valence-electron chi connectivity index (χ1n) is 7.61. The van der Waals surface area contributed by atoms with Gasteiger partial charge in [0.05, 0.1) is 5.02 Å². The Balaban J connectivity index is 1.48. The van der Waals surface area contributed by atoms with Crippen LogP contribution in [0.5, 0.6) is 11.5 Å². The summed E-state index contributed by atoms with van der Waals surface area (Å²) in [5.74, 6) is 0.880. The number of ether oxygens (including phenoxy) is 2. The second-order valence-electron chi connectivity index (χ2n) is 6.02. The number of halogens is 1. The summed E-state index contributed by atoms with van der Waals surface area (Å²) in [6.07, 6.45) is 2.19. The number of rotatable bonds is 4. The lowest BCUT2D eigenvalue weighted by atomic mass is 9.96. The third kappa shape index (κ3) is 2.63. The third-order valence-electron chi connectivity index (χ3n) is 4.52. The second-order valence-corrected chi connectivity index (χ2v) is 6.43. The molecule has 0 radical (unpaired) electrons. The van der Waals surface area contributed by atoms with Crippen molar-refractivity contribution in [1.29, 1.82) is 0 Å². The molecule has 1 heterocycles. The predicted molar refractivity (Wildman–Crippen MR) is 87.3 cm³/mol. The summed E-state index contributed by atoms with van der Waals surface area (Å²) in [5, 5.41) is 3.42. The Morgan fingerprint density at radius 1 is 1.17 bits per heavy atom. The molecule has 0 bridgehead atoms. The molecule has 23 heavy (non-hydrogen) atoms. The minimum atomic E-state index is -0.146. The van der Waals surface area contributed by atoms with Crippen LogP contribution >= 0.6 is 11.6 Å². The van der Waals surface area contributed by atoms with E-state index < -0.39 is 0 Å². The standard InChI is InChI=1S/C18H16ClNO3/c19-14-8-12(9-15-16(14)23-11-22-15)17(21)20-10-18(6-7-18)13-4-2-1-3-5-13/h1-5,8-9H,6-7,10-11H2,(H,20,21). The van der Waals surface area contributed by atoms with E-state index in [-0.39, 0.29) is 18.1 Å². The summed E-state index contributed by atoms with van der Waals surface area (Å²) in [7, 11) is 0. The van der Waals surface area contributed by atoms with Crippen LogP contribution in [0.3, 0.4) is 0 Å². The number of hydrogen-bond donors (Lipinski definition) is 1. The van der Waals surface area contributed by atoms with Gasteiger partial charge in [-0.05, 0) is 30.5 Å². The molecule has 1 aliphatic carbocycles. The van der Waals surface area contributed by atoms with Crippen molar-refractivity contribution in [3.8, 4) is 11.5 Å². The van der Waals surface area contributed by atoms with Gasteiger partial charge in [0, 0.05) is 17.5 Å². The van der Waals surface area contributed by atoms with Crippen molar-refractivity contribution in [3.05, 3.63) is 58.6 Å². The number of carbonyl (C=O) groups excluding carboxylic acids is 1. The molecule has 1 saturated carbocycles. The largest absolute Gasteiger partial charge is 0.454 e. The van der Waals surface area contributed by atoms with Crippen LogP contribution in [0.15, 0.2) is 42.5 Å². The quantitative estimate of drug-likeness (QED) is 0.933. The number of benzene rings is 2. The zero-order chi connectivity index (χ0) is 15.9. The lowest BCUT2D eigenvalue weighted by Gasteiger charge is -2.16. The molecule has 0 spiro atoms. The second kappa shape index (κ2) is 5.46. The van der Waals surface area contributed by atoms with Gasteiger partial charge in [0.25, 0.3) is 5.91 Å². The lowest BCUT2D eigenvalue weighted by molar-refractivity contribution is 0.0949. The maximum Gasteiger partial charge on any atom is 0.251 e. The highest BCUT2D eigenvalue weighted by Gasteiger charge is 2.44. The van der Waals surface area contributed by atoms with Gasteiger partial charge in [-0.2, -0.15) is 0 Å². The molecule has 1 aliphatic heterocycles. The van der Waals surface area contributed by atoms with Gasteiger partial charge in [-0.3, -0.25) is 4.79 Å². The first-order valence-corrected chi connectivity index (χ1v) is 7.99. The molecule has 1 amide bonds. The number of fused-ring (bicyclic) bond motifs is 1. The Kier molecular flexibility index (Phi) is 3.42. The summed E-state index contributed by atoms with van der Waals surface area (Å²) in [6.45, 7) is 0.763. The van der Waals surface area contributed by atoms with Gasteiger partial charge >= 0.3 is 0 Å². The molecule has 4 rings (SSSR count). The molecular weight excluding hydrogens is 314 g/mol. The minimum Gasteiger partial charge on any atom is -0.454 e. The fraction of sp³-hybridized carbons (Fsp3) is 0.278. The Bertz CT molecular complexity index is 756. The van der Waals surface area contributed by atoms with Crippen molar-refractivity contribution in [2.45, 2.75) is 18.3 Å². The maximum atomic E-state index is 12.4. The highest BCUT2D eigenvalue weighted by molar-refractivity contribution is 6.32. The van der Waals surface area contributed by atoms with Crippen molar-refractivity contribution in [2.24, 2.45) is 0 Å². The van der Waals surface area contributed by atoms with E-state index in [0.29, 0.717) is 28.6 Å². The van der Waals surface area contributed by atoms with E-state index >= 15 is 0 Å². The maximum absolute atomic E-state index is 12.4. The Labute approximate surface area is 139 Å². The molecule has 2 aromatic rings. The van der Waals surface area contributed by atoms with Crippen LogP contribution in [0.4, 0.5) is 0 Å². The normalized spacial score (nSPS) is 16.9. The Hall–Kier alpha value is -2.20. The molecule has 1 N–H and O–H groups in total. The van der Waals surface area contributed by atoms with Gasteiger partial charge in [-0.1, -0.05) is 41.9 Å². The van der Waals surface area contributed by atoms with Gasteiger partial charge < -0.3 is 14.8 Å². The van der Waals surface area contributed by atoms with E-state index in [9.17, 15) is 4.79 Å². The molecule has 0 atom stereocenters. The zero-order valence-electron chi connectivity index (χ0n) is 12.5. The lowest BCUT2D eigenvalue weighted by Crippen LogP contribution is -2.32. The first kappa shape index (κ1) is 14.4. The van der Waals surface area contributed by atoms with E-state index in [1.54, 1.807) is 12.1 Å². The van der Waals surface area contributed by atoms with Gasteiger partial charge in [-0.25, -0.2) is 0 Å². The van der Waals surface area contributed by atoms with Crippen LogP contribution in [-0.4, -0.2) is 19.2 Å². The van der Waals surface area contributed by atoms with E-state index in [0.717, 1.165) is 12.8 Å². The van der Waals surface area contributed by atoms with Crippen molar-refractivity contribution >= 4 is 17.5 Å². The van der Waals surface area contributed by atoms with E-state index in [2.05, 4.69) is 17.4 Å². The van der Waals surface area contributed by atoms with Crippen LogP contribution < -0.4 is 14.8 Å². The van der Waals surface area contributed by atoms with Gasteiger partial charge in [0.15, 0.2) is 11.5 Å². The topological polar surface area (TPSA) is 47.6 Å². The Morgan fingerprint density at radius 3 is 2.70 bits per heavy atom. The van der Waals surface area contributed by atoms with E-state index in [1.165, 1.54) is 5.56 Å². The summed E-state index contributed by atoms with van der Waals surface area (Å²) < 4.78 is 10.6. The zero-order valence-corrected chi connectivity index (χ0v) is 13.2. The van der Waals surface area contributed by atoms with Crippen molar-refractivity contribution in [2.75, 3.05) is 13.3 Å². The molecular formula is C18H16ClNO3. The van der Waals surface area contributed by atoms with E-state index in [1.807, 2.05) is 18.2 Å². The fourth-order valence-corrected chi connectivity index (χ4v) is 3.23. The fourth-order valence-electron chi connectivity index (χ4n) is 2.96. The molecule has 2 aromatic carbocycles. The molecule has 2 aliphatic rings. The molecule has 1 fully saturated rings. The molecule has 5 heteroatoms. The van der Waals surface area contributed by atoms with Crippen molar-refractivity contribution in [1.82, 2.24) is 5.32 Å².